The van der Waals surface area contributed by atoms with E-state index in [4.69, 9.17) is 4.74 Å². The van der Waals surface area contributed by atoms with Crippen molar-refractivity contribution in [1.82, 2.24) is 24.9 Å². The van der Waals surface area contributed by atoms with Gasteiger partial charge in [-0.1, -0.05) is 35.5 Å². The fourth-order valence-electron chi connectivity index (χ4n) is 3.05. The largest absolute Gasteiger partial charge is 0.482 e. The van der Waals surface area contributed by atoms with Crippen LogP contribution in [0.1, 0.15) is 12.5 Å². The van der Waals surface area contributed by atoms with Crippen molar-refractivity contribution in [3.05, 3.63) is 61.1 Å². The highest BCUT2D eigenvalue weighted by Gasteiger charge is 2.28. The van der Waals surface area contributed by atoms with E-state index in [-0.39, 0.29) is 18.6 Å². The Kier molecular flexibility index (Phi) is 4.59. The first-order chi connectivity index (χ1) is 12.8. The predicted molar refractivity (Wildman–Crippen MR) is 95.4 cm³/mol. The summed E-state index contributed by atoms with van der Waals surface area (Å²) in [7, 11) is 0. The Labute approximate surface area is 151 Å². The van der Waals surface area contributed by atoms with E-state index in [9.17, 15) is 4.79 Å². The van der Waals surface area contributed by atoms with E-state index in [0.29, 0.717) is 18.8 Å². The lowest BCUT2D eigenvalue weighted by Gasteiger charge is -2.16. The van der Waals surface area contributed by atoms with Gasteiger partial charge in [-0.3, -0.25) is 9.78 Å². The van der Waals surface area contributed by atoms with Crippen LogP contribution in [0.3, 0.4) is 0 Å². The summed E-state index contributed by atoms with van der Waals surface area (Å²) in [6.07, 6.45) is 6.07. The third kappa shape index (κ3) is 3.56. The number of benzene rings is 1. The fraction of sp³-hybridized carbons (Fsp3) is 0.263. The van der Waals surface area contributed by atoms with Gasteiger partial charge in [0.05, 0.1) is 18.4 Å². The molecule has 132 valence electrons. The third-order valence-electron chi connectivity index (χ3n) is 4.47. The molecule has 0 radical (unpaired) electrons. The number of ether oxygens (including phenoxy) is 1. The van der Waals surface area contributed by atoms with Gasteiger partial charge in [0.1, 0.15) is 11.4 Å². The number of carbonyl (C=O) groups excluding carboxylic acids is 1. The molecule has 0 bridgehead atoms. The van der Waals surface area contributed by atoms with Gasteiger partial charge in [-0.2, -0.15) is 0 Å². The zero-order valence-corrected chi connectivity index (χ0v) is 14.2. The van der Waals surface area contributed by atoms with E-state index in [1.807, 2.05) is 46.1 Å². The van der Waals surface area contributed by atoms with Crippen LogP contribution in [0.15, 0.2) is 61.1 Å². The molecular weight excluding hydrogens is 330 g/mol. The molecule has 1 amide bonds. The van der Waals surface area contributed by atoms with E-state index in [0.717, 1.165) is 17.7 Å². The number of likely N-dealkylation sites (tertiary alicyclic amines) is 1. The Bertz CT molecular complexity index is 866. The van der Waals surface area contributed by atoms with Crippen molar-refractivity contribution in [2.45, 2.75) is 12.5 Å². The second-order valence-electron chi connectivity index (χ2n) is 6.21. The topological polar surface area (TPSA) is 73.1 Å². The summed E-state index contributed by atoms with van der Waals surface area (Å²) in [6, 6.07) is 13.7. The molecule has 1 atom stereocenters. The lowest BCUT2D eigenvalue weighted by Crippen LogP contribution is -2.33. The van der Waals surface area contributed by atoms with Crippen molar-refractivity contribution in [3.8, 4) is 17.0 Å². The van der Waals surface area contributed by atoms with Gasteiger partial charge in [0.15, 0.2) is 6.61 Å². The molecule has 0 saturated carbocycles. The first-order valence-corrected chi connectivity index (χ1v) is 8.57. The lowest BCUT2D eigenvalue weighted by molar-refractivity contribution is -0.132. The first kappa shape index (κ1) is 16.3. The van der Waals surface area contributed by atoms with E-state index < -0.39 is 0 Å². The molecule has 1 saturated heterocycles. The quantitative estimate of drug-likeness (QED) is 0.706. The summed E-state index contributed by atoms with van der Waals surface area (Å²) in [5.74, 6) is 0.570. The highest BCUT2D eigenvalue weighted by molar-refractivity contribution is 5.78. The van der Waals surface area contributed by atoms with E-state index >= 15 is 0 Å². The second-order valence-corrected chi connectivity index (χ2v) is 6.21. The van der Waals surface area contributed by atoms with Crippen molar-refractivity contribution in [3.63, 3.8) is 0 Å². The van der Waals surface area contributed by atoms with Crippen LogP contribution in [0.25, 0.3) is 11.3 Å². The minimum absolute atomic E-state index is 0.0189. The molecule has 1 aliphatic heterocycles. The maximum atomic E-state index is 12.4. The van der Waals surface area contributed by atoms with Gasteiger partial charge in [0.25, 0.3) is 5.91 Å². The first-order valence-electron chi connectivity index (χ1n) is 8.57. The Morgan fingerprint density at radius 3 is 2.88 bits per heavy atom. The summed E-state index contributed by atoms with van der Waals surface area (Å²) >= 11 is 0. The monoisotopic (exact) mass is 349 g/mol. The number of amides is 1. The van der Waals surface area contributed by atoms with Crippen molar-refractivity contribution in [1.29, 1.82) is 0 Å². The summed E-state index contributed by atoms with van der Waals surface area (Å²) in [5.41, 5.74) is 1.88. The maximum absolute atomic E-state index is 12.4. The Hall–Kier alpha value is -3.22. The Morgan fingerprint density at radius 1 is 1.19 bits per heavy atom. The molecule has 7 nitrogen and oxygen atoms in total. The molecule has 4 rings (SSSR count). The Morgan fingerprint density at radius 2 is 2.08 bits per heavy atom. The molecule has 7 heteroatoms. The van der Waals surface area contributed by atoms with Crippen LogP contribution in [0, 0.1) is 0 Å². The van der Waals surface area contributed by atoms with Crippen LogP contribution in [0.5, 0.6) is 5.75 Å². The number of nitrogens with zero attached hydrogens (tertiary/aromatic N) is 5. The SMILES string of the molecule is O=C(COc1cccnc1)N1CCC(n2cc(-c3ccccc3)nn2)C1. The molecule has 1 unspecified atom stereocenters. The number of hydrogen-bond acceptors (Lipinski definition) is 5. The zero-order valence-electron chi connectivity index (χ0n) is 14.2. The molecule has 0 N–H and O–H groups in total. The summed E-state index contributed by atoms with van der Waals surface area (Å²) < 4.78 is 7.35. The van der Waals surface area contributed by atoms with Gasteiger partial charge >= 0.3 is 0 Å². The van der Waals surface area contributed by atoms with Gasteiger partial charge in [0, 0.05) is 24.8 Å². The summed E-state index contributed by atoms with van der Waals surface area (Å²) in [6.45, 7) is 1.33. The molecule has 26 heavy (non-hydrogen) atoms. The molecule has 1 aromatic carbocycles. The summed E-state index contributed by atoms with van der Waals surface area (Å²) in [5, 5.41) is 8.51. The van der Waals surface area contributed by atoms with Gasteiger partial charge in [-0.25, -0.2) is 4.68 Å². The minimum atomic E-state index is -0.0280. The lowest BCUT2D eigenvalue weighted by atomic mass is 10.2. The van der Waals surface area contributed by atoms with Crippen molar-refractivity contribution < 1.29 is 9.53 Å². The molecule has 1 aliphatic rings. The number of hydrogen-bond donors (Lipinski definition) is 0. The number of rotatable bonds is 5. The highest BCUT2D eigenvalue weighted by Crippen LogP contribution is 2.23. The molecule has 2 aromatic heterocycles. The van der Waals surface area contributed by atoms with Crippen LogP contribution in [-0.4, -0.2) is 50.5 Å². The Balaban J connectivity index is 1.35. The molecule has 3 aromatic rings. The molecule has 0 spiro atoms. The maximum Gasteiger partial charge on any atom is 0.260 e. The average molecular weight is 349 g/mol. The normalized spacial score (nSPS) is 16.6. The van der Waals surface area contributed by atoms with Crippen LogP contribution in [-0.2, 0) is 4.79 Å². The van der Waals surface area contributed by atoms with Gasteiger partial charge in [0.2, 0.25) is 0 Å². The average Bonchev–Trinajstić information content (AvgIpc) is 3.37. The van der Waals surface area contributed by atoms with Crippen LogP contribution in [0.4, 0.5) is 0 Å². The minimum Gasteiger partial charge on any atom is -0.482 e. The van der Waals surface area contributed by atoms with E-state index in [2.05, 4.69) is 15.3 Å². The standard InChI is InChI=1S/C19H19N5O2/c25-19(14-26-17-7-4-9-20-11-17)23-10-8-16(12-23)24-13-18(21-22-24)15-5-2-1-3-6-15/h1-7,9,11,13,16H,8,10,12,14H2. The second kappa shape index (κ2) is 7.35. The number of pyridine rings is 1. The smallest absolute Gasteiger partial charge is 0.260 e. The fourth-order valence-corrected chi connectivity index (χ4v) is 3.05. The van der Waals surface area contributed by atoms with E-state index in [1.165, 1.54) is 0 Å². The van der Waals surface area contributed by atoms with Crippen LogP contribution < -0.4 is 4.74 Å². The predicted octanol–water partition coefficient (Wildman–Crippen LogP) is 2.19. The molecule has 1 fully saturated rings. The number of aromatic nitrogens is 4. The summed E-state index contributed by atoms with van der Waals surface area (Å²) in [4.78, 5) is 18.1. The van der Waals surface area contributed by atoms with E-state index in [1.54, 1.807) is 24.5 Å². The molecule has 0 aliphatic carbocycles. The highest BCUT2D eigenvalue weighted by atomic mass is 16.5. The van der Waals surface area contributed by atoms with Gasteiger partial charge < -0.3 is 9.64 Å². The zero-order chi connectivity index (χ0) is 17.8. The third-order valence-corrected chi connectivity index (χ3v) is 4.47. The van der Waals surface area contributed by atoms with Crippen molar-refractivity contribution >= 4 is 5.91 Å². The van der Waals surface area contributed by atoms with Gasteiger partial charge in [-0.15, -0.1) is 5.10 Å². The van der Waals surface area contributed by atoms with Crippen LogP contribution >= 0.6 is 0 Å². The number of carbonyl (C=O) groups is 1. The van der Waals surface area contributed by atoms with Crippen molar-refractivity contribution in [2.24, 2.45) is 0 Å². The van der Waals surface area contributed by atoms with Crippen molar-refractivity contribution in [2.75, 3.05) is 19.7 Å². The molecular formula is C19H19N5O2. The molecule has 3 heterocycles. The van der Waals surface area contributed by atoms with Gasteiger partial charge in [-0.05, 0) is 18.6 Å². The van der Waals surface area contributed by atoms with Crippen LogP contribution in [0.2, 0.25) is 0 Å².